The fourth-order valence-corrected chi connectivity index (χ4v) is 4.11. The predicted octanol–water partition coefficient (Wildman–Crippen LogP) is 5.63. The van der Waals surface area contributed by atoms with Crippen LogP contribution >= 0.6 is 23.2 Å². The maximum absolute atomic E-state index is 6.15. The number of hydrogen-bond acceptors (Lipinski definition) is 3. The smallest absolute Gasteiger partial charge is 0.223 e. The summed E-state index contributed by atoms with van der Waals surface area (Å²) >= 11 is 12.3. The predicted molar refractivity (Wildman–Crippen MR) is 102 cm³/mol. The average Bonchev–Trinajstić information content (AvgIpc) is 2.99. The molecule has 130 valence electrons. The van der Waals surface area contributed by atoms with Crippen LogP contribution < -0.4 is 0 Å². The molecule has 0 radical (unpaired) electrons. The minimum atomic E-state index is 0.242. The summed E-state index contributed by atoms with van der Waals surface area (Å²) in [7, 11) is 0. The van der Waals surface area contributed by atoms with Crippen molar-refractivity contribution in [2.24, 2.45) is 11.8 Å². The number of aromatic nitrogens is 4. The van der Waals surface area contributed by atoms with Gasteiger partial charge in [0, 0.05) is 30.7 Å². The summed E-state index contributed by atoms with van der Waals surface area (Å²) in [6, 6.07) is 3.88. The number of pyridine rings is 1. The third kappa shape index (κ3) is 3.51. The molecule has 1 aliphatic rings. The van der Waals surface area contributed by atoms with E-state index in [1.54, 1.807) is 12.4 Å². The molecular formula is C19H20Cl2N4. The van der Waals surface area contributed by atoms with Crippen molar-refractivity contribution in [2.75, 3.05) is 0 Å². The third-order valence-electron chi connectivity index (χ3n) is 5.15. The van der Waals surface area contributed by atoms with Crippen LogP contribution in [-0.4, -0.2) is 19.5 Å². The fraction of sp³-hybridized carbons (Fsp3) is 0.421. The van der Waals surface area contributed by atoms with Crippen molar-refractivity contribution in [2.45, 2.75) is 39.2 Å². The van der Waals surface area contributed by atoms with Crippen LogP contribution in [0.25, 0.3) is 22.3 Å². The Hall–Kier alpha value is -1.65. The highest BCUT2D eigenvalue weighted by Crippen LogP contribution is 2.33. The molecular weight excluding hydrogens is 355 g/mol. The molecule has 3 aromatic heterocycles. The zero-order chi connectivity index (χ0) is 17.4. The zero-order valence-corrected chi connectivity index (χ0v) is 15.6. The van der Waals surface area contributed by atoms with Gasteiger partial charge in [0.05, 0.1) is 16.1 Å². The Morgan fingerprint density at radius 1 is 1.12 bits per heavy atom. The van der Waals surface area contributed by atoms with Crippen molar-refractivity contribution in [3.63, 3.8) is 0 Å². The number of nitrogens with zero attached hydrogens (tertiary/aromatic N) is 4. The van der Waals surface area contributed by atoms with Gasteiger partial charge in [0.25, 0.3) is 0 Å². The van der Waals surface area contributed by atoms with Gasteiger partial charge in [-0.05, 0) is 48.4 Å². The lowest BCUT2D eigenvalue weighted by Crippen LogP contribution is -2.17. The number of fused-ring (bicyclic) bond motifs is 1. The van der Waals surface area contributed by atoms with E-state index in [0.717, 1.165) is 34.8 Å². The van der Waals surface area contributed by atoms with E-state index in [-0.39, 0.29) is 5.28 Å². The van der Waals surface area contributed by atoms with E-state index in [0.29, 0.717) is 10.9 Å². The van der Waals surface area contributed by atoms with Crippen LogP contribution in [0.2, 0.25) is 10.3 Å². The molecule has 0 bridgehead atoms. The molecule has 3 heterocycles. The Balaban J connectivity index is 1.76. The molecule has 0 N–H and O–H groups in total. The van der Waals surface area contributed by atoms with Gasteiger partial charge >= 0.3 is 0 Å². The van der Waals surface area contributed by atoms with E-state index in [9.17, 15) is 0 Å². The largest absolute Gasteiger partial charge is 0.344 e. The lowest BCUT2D eigenvalue weighted by atomic mass is 9.83. The maximum Gasteiger partial charge on any atom is 0.223 e. The van der Waals surface area contributed by atoms with E-state index in [1.165, 1.54) is 25.7 Å². The summed E-state index contributed by atoms with van der Waals surface area (Å²) in [5.41, 5.74) is 3.52. The molecule has 0 amide bonds. The number of rotatable bonds is 3. The van der Waals surface area contributed by atoms with Gasteiger partial charge in [0.2, 0.25) is 5.28 Å². The molecule has 1 saturated carbocycles. The van der Waals surface area contributed by atoms with Crippen molar-refractivity contribution >= 4 is 34.2 Å². The number of halogens is 2. The van der Waals surface area contributed by atoms with E-state index in [1.807, 2.05) is 12.1 Å². The van der Waals surface area contributed by atoms with Crippen molar-refractivity contribution < 1.29 is 0 Å². The molecule has 1 aliphatic carbocycles. The van der Waals surface area contributed by atoms with Crippen LogP contribution in [0.3, 0.4) is 0 Å². The minimum absolute atomic E-state index is 0.242. The summed E-state index contributed by atoms with van der Waals surface area (Å²) in [5, 5.41) is 0.825. The highest BCUT2D eigenvalue weighted by Gasteiger charge is 2.21. The first-order valence-corrected chi connectivity index (χ1v) is 9.49. The maximum atomic E-state index is 6.15. The van der Waals surface area contributed by atoms with Gasteiger partial charge in [-0.2, -0.15) is 0 Å². The summed E-state index contributed by atoms with van der Waals surface area (Å²) in [4.78, 5) is 13.1. The summed E-state index contributed by atoms with van der Waals surface area (Å²) in [6.45, 7) is 3.34. The molecule has 6 heteroatoms. The average molecular weight is 375 g/mol. The van der Waals surface area contributed by atoms with Gasteiger partial charge in [-0.3, -0.25) is 4.98 Å². The second kappa shape index (κ2) is 6.93. The van der Waals surface area contributed by atoms with E-state index >= 15 is 0 Å². The molecule has 1 fully saturated rings. The highest BCUT2D eigenvalue weighted by atomic mass is 35.5. The first kappa shape index (κ1) is 16.8. The molecule has 0 spiro atoms. The molecule has 0 aliphatic heterocycles. The van der Waals surface area contributed by atoms with Gasteiger partial charge in [-0.1, -0.05) is 31.4 Å². The monoisotopic (exact) mass is 374 g/mol. The van der Waals surface area contributed by atoms with Gasteiger partial charge in [-0.25, -0.2) is 9.97 Å². The Morgan fingerprint density at radius 2 is 1.92 bits per heavy atom. The molecule has 0 unspecified atom stereocenters. The SMILES string of the molecule is CC1CCC(Cn2ccc3nc(Cl)nc(-c4cncc(Cl)c4)c32)CC1. The lowest BCUT2D eigenvalue weighted by Gasteiger charge is -2.26. The van der Waals surface area contributed by atoms with E-state index < -0.39 is 0 Å². The highest BCUT2D eigenvalue weighted by molar-refractivity contribution is 6.30. The van der Waals surface area contributed by atoms with Crippen molar-refractivity contribution in [1.29, 1.82) is 0 Å². The summed E-state index contributed by atoms with van der Waals surface area (Å²) in [5.74, 6) is 1.56. The normalized spacial score (nSPS) is 20.9. The van der Waals surface area contributed by atoms with Gasteiger partial charge in [-0.15, -0.1) is 0 Å². The topological polar surface area (TPSA) is 43.6 Å². The van der Waals surface area contributed by atoms with Gasteiger partial charge < -0.3 is 4.57 Å². The van der Waals surface area contributed by atoms with E-state index in [4.69, 9.17) is 23.2 Å². The fourth-order valence-electron chi connectivity index (χ4n) is 3.76. The molecule has 4 rings (SSSR count). The van der Waals surface area contributed by atoms with Crippen LogP contribution in [0, 0.1) is 11.8 Å². The Bertz CT molecular complexity index is 898. The second-order valence-electron chi connectivity index (χ2n) is 7.06. The Morgan fingerprint density at radius 3 is 2.68 bits per heavy atom. The first-order chi connectivity index (χ1) is 12.1. The summed E-state index contributed by atoms with van der Waals surface area (Å²) in [6.07, 6.45) is 10.7. The molecule has 4 nitrogen and oxygen atoms in total. The zero-order valence-electron chi connectivity index (χ0n) is 14.1. The Labute approximate surface area is 157 Å². The van der Waals surface area contributed by atoms with Crippen LogP contribution in [0.1, 0.15) is 32.6 Å². The minimum Gasteiger partial charge on any atom is -0.344 e. The Kier molecular flexibility index (Phi) is 4.65. The molecule has 0 aromatic carbocycles. The second-order valence-corrected chi connectivity index (χ2v) is 7.84. The molecule has 0 atom stereocenters. The molecule has 25 heavy (non-hydrogen) atoms. The van der Waals surface area contributed by atoms with Crippen LogP contribution in [0.5, 0.6) is 0 Å². The lowest BCUT2D eigenvalue weighted by molar-refractivity contribution is 0.267. The van der Waals surface area contributed by atoms with Crippen LogP contribution in [0.15, 0.2) is 30.7 Å². The molecule has 3 aromatic rings. The van der Waals surface area contributed by atoms with Crippen LogP contribution in [-0.2, 0) is 6.54 Å². The van der Waals surface area contributed by atoms with Gasteiger partial charge in [0.15, 0.2) is 0 Å². The summed E-state index contributed by atoms with van der Waals surface area (Å²) < 4.78 is 2.27. The number of hydrogen-bond donors (Lipinski definition) is 0. The quantitative estimate of drug-likeness (QED) is 0.558. The standard InChI is InChI=1S/C19H20Cl2N4/c1-12-2-4-13(5-3-12)11-25-7-6-16-18(25)17(24-19(21)23-16)14-8-15(20)10-22-9-14/h6-10,12-13H,2-5,11H2,1H3. The molecule has 0 saturated heterocycles. The van der Waals surface area contributed by atoms with Crippen LogP contribution in [0.4, 0.5) is 0 Å². The van der Waals surface area contributed by atoms with Crippen molar-refractivity contribution in [3.05, 3.63) is 41.0 Å². The van der Waals surface area contributed by atoms with Gasteiger partial charge in [0.1, 0.15) is 5.69 Å². The first-order valence-electron chi connectivity index (χ1n) is 8.73. The van der Waals surface area contributed by atoms with Crippen molar-refractivity contribution in [1.82, 2.24) is 19.5 Å². The van der Waals surface area contributed by atoms with Crippen molar-refractivity contribution in [3.8, 4) is 11.3 Å². The van der Waals surface area contributed by atoms with E-state index in [2.05, 4.69) is 32.6 Å². The third-order valence-corrected chi connectivity index (χ3v) is 5.53.